The van der Waals surface area contributed by atoms with E-state index in [2.05, 4.69) is 9.80 Å². The van der Waals surface area contributed by atoms with Crippen LogP contribution in [0, 0.1) is 6.92 Å². The van der Waals surface area contributed by atoms with Gasteiger partial charge in [-0.3, -0.25) is 14.6 Å². The molecule has 1 fully saturated rings. The Hall–Kier alpha value is -2.42. The molecule has 1 atom stereocenters. The Bertz CT molecular complexity index is 877. The summed E-state index contributed by atoms with van der Waals surface area (Å²) in [6.07, 6.45) is -4.20. The number of aliphatic hydroxyl groups is 1. The van der Waals surface area contributed by atoms with Crippen molar-refractivity contribution in [3.05, 3.63) is 65.2 Å². The van der Waals surface area contributed by atoms with Gasteiger partial charge in [0.2, 0.25) is 0 Å². The van der Waals surface area contributed by atoms with Gasteiger partial charge < -0.3 is 9.84 Å². The van der Waals surface area contributed by atoms with Crippen molar-refractivity contribution in [3.8, 4) is 5.75 Å². The van der Waals surface area contributed by atoms with Crippen LogP contribution in [-0.4, -0.2) is 72.7 Å². The molecule has 0 radical (unpaired) electrons. The molecule has 1 saturated heterocycles. The highest BCUT2D eigenvalue weighted by atomic mass is 19.4. The van der Waals surface area contributed by atoms with Crippen molar-refractivity contribution in [1.29, 1.82) is 0 Å². The number of hydrogen-bond donors (Lipinski definition) is 1. The number of piperazine rings is 1. The van der Waals surface area contributed by atoms with E-state index < -0.39 is 17.8 Å². The van der Waals surface area contributed by atoms with Crippen LogP contribution in [0.3, 0.4) is 0 Å². The van der Waals surface area contributed by atoms with Gasteiger partial charge in [-0.1, -0.05) is 29.8 Å². The smallest absolute Gasteiger partial charge is 0.416 e. The lowest BCUT2D eigenvalue weighted by molar-refractivity contribution is -0.137. The zero-order valence-corrected chi connectivity index (χ0v) is 18.9. The summed E-state index contributed by atoms with van der Waals surface area (Å²) in [5.41, 5.74) is 1.20. The van der Waals surface area contributed by atoms with E-state index in [1.807, 2.05) is 31.2 Å². The van der Waals surface area contributed by atoms with E-state index in [9.17, 15) is 23.1 Å². The highest BCUT2D eigenvalue weighted by molar-refractivity contribution is 5.80. The minimum absolute atomic E-state index is 0.0786. The number of carbonyl (C=O) groups excluding carboxylic acids is 1. The van der Waals surface area contributed by atoms with Crippen molar-refractivity contribution in [1.82, 2.24) is 9.80 Å². The van der Waals surface area contributed by atoms with Crippen LogP contribution < -0.4 is 4.74 Å². The summed E-state index contributed by atoms with van der Waals surface area (Å²) in [7, 11) is 0. The van der Waals surface area contributed by atoms with Gasteiger partial charge >= 0.3 is 6.18 Å². The van der Waals surface area contributed by atoms with Crippen LogP contribution >= 0.6 is 0 Å². The third-order valence-electron chi connectivity index (χ3n) is 5.77. The lowest BCUT2D eigenvalue weighted by Gasteiger charge is -2.35. The second-order valence-corrected chi connectivity index (χ2v) is 8.59. The van der Waals surface area contributed by atoms with Crippen molar-refractivity contribution in [3.63, 3.8) is 0 Å². The monoisotopic (exact) mass is 464 g/mol. The van der Waals surface area contributed by atoms with E-state index in [0.29, 0.717) is 25.9 Å². The Labute approximate surface area is 192 Å². The van der Waals surface area contributed by atoms with Gasteiger partial charge in [0.05, 0.1) is 12.1 Å². The number of alkyl halides is 3. The first-order valence-electron chi connectivity index (χ1n) is 11.2. The maximum atomic E-state index is 12.6. The Morgan fingerprint density at radius 3 is 2.21 bits per heavy atom. The van der Waals surface area contributed by atoms with Gasteiger partial charge in [-0.05, 0) is 43.2 Å². The largest absolute Gasteiger partial charge is 0.491 e. The molecule has 8 heteroatoms. The van der Waals surface area contributed by atoms with E-state index in [-0.39, 0.29) is 12.4 Å². The quantitative estimate of drug-likeness (QED) is 0.583. The molecule has 5 nitrogen and oxygen atoms in total. The molecule has 0 bridgehead atoms. The van der Waals surface area contributed by atoms with Gasteiger partial charge in [0.15, 0.2) is 0 Å². The average molecular weight is 465 g/mol. The molecule has 0 amide bonds. The second kappa shape index (κ2) is 11.6. The molecule has 180 valence electrons. The van der Waals surface area contributed by atoms with Crippen molar-refractivity contribution in [2.45, 2.75) is 32.0 Å². The number of carbonyl (C=O) groups is 1. The molecule has 1 N–H and O–H groups in total. The molecule has 3 rings (SSSR count). The van der Waals surface area contributed by atoms with Crippen LogP contribution in [0.15, 0.2) is 48.5 Å². The first-order chi connectivity index (χ1) is 15.7. The predicted molar refractivity (Wildman–Crippen MR) is 120 cm³/mol. The molecule has 1 aliphatic heterocycles. The Morgan fingerprint density at radius 2 is 1.61 bits per heavy atom. The van der Waals surface area contributed by atoms with E-state index in [0.717, 1.165) is 55.2 Å². The fourth-order valence-electron chi connectivity index (χ4n) is 3.78. The lowest BCUT2D eigenvalue weighted by atomic mass is 10.0. The molecule has 33 heavy (non-hydrogen) atoms. The molecule has 0 aromatic heterocycles. The number of ketones is 1. The Morgan fingerprint density at radius 1 is 1.00 bits per heavy atom. The Balaban J connectivity index is 1.31. The third kappa shape index (κ3) is 8.46. The van der Waals surface area contributed by atoms with E-state index in [1.165, 1.54) is 12.1 Å². The summed E-state index contributed by atoms with van der Waals surface area (Å²) >= 11 is 0. The first kappa shape index (κ1) is 25.2. The summed E-state index contributed by atoms with van der Waals surface area (Å²) in [5, 5.41) is 10.3. The van der Waals surface area contributed by atoms with E-state index >= 15 is 0 Å². The van der Waals surface area contributed by atoms with Gasteiger partial charge in [-0.2, -0.15) is 13.2 Å². The van der Waals surface area contributed by atoms with Crippen LogP contribution in [0.4, 0.5) is 13.2 Å². The average Bonchev–Trinajstić information content (AvgIpc) is 2.78. The number of aryl methyl sites for hydroxylation is 2. The topological polar surface area (TPSA) is 53.0 Å². The summed E-state index contributed by atoms with van der Waals surface area (Å²) < 4.78 is 43.5. The molecule has 1 heterocycles. The minimum atomic E-state index is -4.35. The molecule has 0 unspecified atom stereocenters. The van der Waals surface area contributed by atoms with E-state index in [4.69, 9.17) is 4.74 Å². The maximum Gasteiger partial charge on any atom is 0.416 e. The molecule has 1 aliphatic rings. The predicted octanol–water partition coefficient (Wildman–Crippen LogP) is 3.57. The number of Topliss-reactive ketones (excluding diaryl/α,β-unsaturated/α-hetero) is 1. The fraction of sp³-hybridized carbons (Fsp3) is 0.480. The molecule has 2 aromatic carbocycles. The number of halogens is 3. The number of hydrogen-bond acceptors (Lipinski definition) is 5. The van der Waals surface area contributed by atoms with Crippen molar-refractivity contribution < 1.29 is 27.8 Å². The van der Waals surface area contributed by atoms with Crippen LogP contribution in [-0.2, 0) is 17.4 Å². The van der Waals surface area contributed by atoms with Gasteiger partial charge in [0.1, 0.15) is 24.2 Å². The van der Waals surface area contributed by atoms with Crippen molar-refractivity contribution >= 4 is 5.78 Å². The molecular formula is C25H31F3N2O3. The maximum absolute atomic E-state index is 12.6. The van der Waals surface area contributed by atoms with Crippen LogP contribution in [0.5, 0.6) is 5.75 Å². The molecule has 2 aromatic rings. The molecule has 0 spiro atoms. The summed E-state index contributed by atoms with van der Waals surface area (Å²) in [5.74, 6) is 0.814. The second-order valence-electron chi connectivity index (χ2n) is 8.59. The number of ether oxygens (including phenoxy) is 1. The van der Waals surface area contributed by atoms with Crippen LogP contribution in [0.2, 0.25) is 0 Å². The number of nitrogens with zero attached hydrogens (tertiary/aromatic N) is 2. The van der Waals surface area contributed by atoms with Gasteiger partial charge in [0.25, 0.3) is 0 Å². The van der Waals surface area contributed by atoms with Gasteiger partial charge in [0, 0.05) is 39.1 Å². The van der Waals surface area contributed by atoms with Gasteiger partial charge in [-0.25, -0.2) is 0 Å². The summed E-state index contributed by atoms with van der Waals surface area (Å²) in [6, 6.07) is 12.7. The van der Waals surface area contributed by atoms with E-state index in [1.54, 1.807) is 0 Å². The normalized spacial score (nSPS) is 16.5. The number of aliphatic hydroxyl groups excluding tert-OH is 1. The lowest BCUT2D eigenvalue weighted by Crippen LogP contribution is -2.50. The van der Waals surface area contributed by atoms with Crippen LogP contribution in [0.25, 0.3) is 0 Å². The van der Waals surface area contributed by atoms with Crippen molar-refractivity contribution in [2.24, 2.45) is 0 Å². The Kier molecular flexibility index (Phi) is 8.88. The molecule has 0 saturated carbocycles. The molecule has 0 aliphatic carbocycles. The fourth-order valence-corrected chi connectivity index (χ4v) is 3.78. The minimum Gasteiger partial charge on any atom is -0.491 e. The number of rotatable bonds is 10. The van der Waals surface area contributed by atoms with Gasteiger partial charge in [-0.15, -0.1) is 0 Å². The SMILES string of the molecule is Cc1ccc(OC[C@@H](O)CN2CCN(CC(=O)CCc3ccc(C(F)(F)F)cc3)CC2)cc1. The molecular weight excluding hydrogens is 433 g/mol. The highest BCUT2D eigenvalue weighted by Crippen LogP contribution is 2.29. The van der Waals surface area contributed by atoms with Crippen LogP contribution in [0.1, 0.15) is 23.1 Å². The number of β-amino-alcohol motifs (C(OH)–C–C–N with tert-alkyl or cyclic N) is 1. The third-order valence-corrected chi connectivity index (χ3v) is 5.77. The number of benzene rings is 2. The highest BCUT2D eigenvalue weighted by Gasteiger charge is 2.30. The zero-order chi connectivity index (χ0) is 23.8. The first-order valence-corrected chi connectivity index (χ1v) is 11.2. The summed E-state index contributed by atoms with van der Waals surface area (Å²) in [6.45, 7) is 6.07. The summed E-state index contributed by atoms with van der Waals surface area (Å²) in [4.78, 5) is 16.6. The standard InChI is InChI=1S/C25H31F3N2O3/c1-19-2-10-24(11-3-19)33-18-23(32)17-30-14-12-29(13-15-30)16-22(31)9-6-20-4-7-21(8-5-20)25(26,27)28/h2-5,7-8,10-11,23,32H,6,9,12-18H2,1H3/t23-/m0/s1. The zero-order valence-electron chi connectivity index (χ0n) is 18.9. The van der Waals surface area contributed by atoms with Crippen molar-refractivity contribution in [2.75, 3.05) is 45.9 Å².